The van der Waals surface area contributed by atoms with E-state index < -0.39 is 5.91 Å². The van der Waals surface area contributed by atoms with E-state index in [-0.39, 0.29) is 11.0 Å². The molecule has 2 aromatic heterocycles. The molecule has 0 atom stereocenters. The summed E-state index contributed by atoms with van der Waals surface area (Å²) in [5, 5.41) is 4.55. The topological polar surface area (TPSA) is 84.6 Å². The van der Waals surface area contributed by atoms with Crippen LogP contribution in [0.2, 0.25) is 5.02 Å². The van der Waals surface area contributed by atoms with Crippen LogP contribution in [0.1, 0.15) is 15.9 Å². The molecule has 7 heteroatoms. The van der Waals surface area contributed by atoms with Crippen molar-refractivity contribution in [3.8, 4) is 0 Å². The van der Waals surface area contributed by atoms with E-state index in [1.54, 1.807) is 24.3 Å². The third kappa shape index (κ3) is 3.27. The summed E-state index contributed by atoms with van der Waals surface area (Å²) >= 11 is 5.88. The monoisotopic (exact) mass is 327 g/mol. The summed E-state index contributed by atoms with van der Waals surface area (Å²) < 4.78 is 5.35. The maximum atomic E-state index is 12.3. The van der Waals surface area contributed by atoms with Crippen molar-refractivity contribution < 1.29 is 9.21 Å². The second kappa shape index (κ2) is 6.41. The van der Waals surface area contributed by atoms with Crippen LogP contribution in [0.25, 0.3) is 11.0 Å². The van der Waals surface area contributed by atoms with Crippen LogP contribution in [-0.4, -0.2) is 17.1 Å². The SMILES string of the molecule is O=C(N/N=C/c1coc2ccc(Cl)cc2c1=O)c1ccncc1. The van der Waals surface area contributed by atoms with Crippen LogP contribution in [0.4, 0.5) is 0 Å². The Morgan fingerprint density at radius 2 is 2.04 bits per heavy atom. The van der Waals surface area contributed by atoms with E-state index in [9.17, 15) is 9.59 Å². The van der Waals surface area contributed by atoms with E-state index in [2.05, 4.69) is 15.5 Å². The first-order valence-electron chi connectivity index (χ1n) is 6.59. The average molecular weight is 328 g/mol. The molecule has 0 aliphatic heterocycles. The highest BCUT2D eigenvalue weighted by Gasteiger charge is 2.07. The van der Waals surface area contributed by atoms with Gasteiger partial charge in [-0.25, -0.2) is 5.43 Å². The lowest BCUT2D eigenvalue weighted by molar-refractivity contribution is 0.0955. The predicted octanol–water partition coefficient (Wildman–Crippen LogP) is 2.61. The van der Waals surface area contributed by atoms with Crippen LogP contribution >= 0.6 is 11.6 Å². The number of pyridine rings is 1. The number of carbonyl (C=O) groups excluding carboxylic acids is 1. The summed E-state index contributed by atoms with van der Waals surface area (Å²) in [6.45, 7) is 0. The third-order valence-corrected chi connectivity index (χ3v) is 3.31. The van der Waals surface area contributed by atoms with Crippen LogP contribution in [0.5, 0.6) is 0 Å². The molecule has 0 bridgehead atoms. The summed E-state index contributed by atoms with van der Waals surface area (Å²) in [6, 6.07) is 7.88. The lowest BCUT2D eigenvalue weighted by Gasteiger charge is -2.00. The highest BCUT2D eigenvalue weighted by Crippen LogP contribution is 2.16. The summed E-state index contributed by atoms with van der Waals surface area (Å²) in [4.78, 5) is 27.9. The summed E-state index contributed by atoms with van der Waals surface area (Å²) in [5.74, 6) is -0.406. The number of amides is 1. The summed E-state index contributed by atoms with van der Waals surface area (Å²) in [5.41, 5.74) is 3.09. The quantitative estimate of drug-likeness (QED) is 0.592. The Labute approximate surface area is 135 Å². The highest BCUT2D eigenvalue weighted by molar-refractivity contribution is 6.31. The molecule has 0 unspecified atom stereocenters. The smallest absolute Gasteiger partial charge is 0.271 e. The number of nitrogens with one attached hydrogen (secondary N) is 1. The molecule has 0 radical (unpaired) electrons. The second-order valence-electron chi connectivity index (χ2n) is 4.60. The Hall–Kier alpha value is -2.99. The van der Waals surface area contributed by atoms with Crippen LogP contribution in [0.3, 0.4) is 0 Å². The number of nitrogens with zero attached hydrogens (tertiary/aromatic N) is 2. The van der Waals surface area contributed by atoms with E-state index in [1.807, 2.05) is 0 Å². The molecular weight excluding hydrogens is 318 g/mol. The average Bonchev–Trinajstić information content (AvgIpc) is 2.58. The number of hydrogen-bond donors (Lipinski definition) is 1. The molecule has 1 N–H and O–H groups in total. The molecule has 3 aromatic rings. The zero-order valence-corrected chi connectivity index (χ0v) is 12.4. The lowest BCUT2D eigenvalue weighted by Crippen LogP contribution is -2.18. The minimum atomic E-state index is -0.406. The number of rotatable bonds is 3. The fraction of sp³-hybridized carbons (Fsp3) is 0. The van der Waals surface area contributed by atoms with Gasteiger partial charge in [-0.1, -0.05) is 11.6 Å². The van der Waals surface area contributed by atoms with Crippen molar-refractivity contribution in [3.05, 3.63) is 75.4 Å². The molecule has 2 heterocycles. The molecule has 0 saturated heterocycles. The molecule has 23 heavy (non-hydrogen) atoms. The van der Waals surface area contributed by atoms with Gasteiger partial charge in [-0.3, -0.25) is 14.6 Å². The van der Waals surface area contributed by atoms with Gasteiger partial charge >= 0.3 is 0 Å². The highest BCUT2D eigenvalue weighted by atomic mass is 35.5. The Balaban J connectivity index is 1.83. The second-order valence-corrected chi connectivity index (χ2v) is 5.03. The number of fused-ring (bicyclic) bond motifs is 1. The van der Waals surface area contributed by atoms with Gasteiger partial charge in [-0.05, 0) is 30.3 Å². The van der Waals surface area contributed by atoms with E-state index in [1.165, 1.54) is 30.9 Å². The molecule has 0 aliphatic carbocycles. The first-order chi connectivity index (χ1) is 11.1. The zero-order chi connectivity index (χ0) is 16.2. The molecule has 114 valence electrons. The van der Waals surface area contributed by atoms with Gasteiger partial charge in [0.25, 0.3) is 5.91 Å². The first-order valence-corrected chi connectivity index (χ1v) is 6.97. The lowest BCUT2D eigenvalue weighted by atomic mass is 10.2. The van der Waals surface area contributed by atoms with Crippen LogP contribution in [0, 0.1) is 0 Å². The fourth-order valence-electron chi connectivity index (χ4n) is 1.94. The largest absolute Gasteiger partial charge is 0.463 e. The van der Waals surface area contributed by atoms with Crippen molar-refractivity contribution in [2.24, 2.45) is 5.10 Å². The molecule has 3 rings (SSSR count). The van der Waals surface area contributed by atoms with Crippen LogP contribution in [0.15, 0.2) is 63.3 Å². The van der Waals surface area contributed by atoms with E-state index in [0.717, 1.165) is 0 Å². The molecule has 0 aliphatic rings. The number of halogens is 1. The van der Waals surface area contributed by atoms with Crippen molar-refractivity contribution >= 4 is 34.7 Å². The van der Waals surface area contributed by atoms with Crippen LogP contribution in [-0.2, 0) is 0 Å². The third-order valence-electron chi connectivity index (χ3n) is 3.07. The molecule has 0 fully saturated rings. The van der Waals surface area contributed by atoms with Gasteiger partial charge < -0.3 is 4.42 Å². The molecule has 1 amide bonds. The van der Waals surface area contributed by atoms with Gasteiger partial charge in [0.15, 0.2) is 0 Å². The van der Waals surface area contributed by atoms with Crippen molar-refractivity contribution in [1.82, 2.24) is 10.4 Å². The van der Waals surface area contributed by atoms with Gasteiger partial charge in [0.05, 0.1) is 17.2 Å². The molecule has 0 spiro atoms. The number of benzene rings is 1. The van der Waals surface area contributed by atoms with Gasteiger partial charge in [0.2, 0.25) is 5.43 Å². The fourth-order valence-corrected chi connectivity index (χ4v) is 2.11. The predicted molar refractivity (Wildman–Crippen MR) is 86.8 cm³/mol. The maximum absolute atomic E-state index is 12.3. The number of hydrazone groups is 1. The normalized spacial score (nSPS) is 11.0. The van der Waals surface area contributed by atoms with Crippen molar-refractivity contribution in [2.45, 2.75) is 0 Å². The molecular formula is C16H10ClN3O3. The minimum Gasteiger partial charge on any atom is -0.463 e. The standard InChI is InChI=1S/C16H10ClN3O3/c17-12-1-2-14-13(7-12)15(21)11(9-23-14)8-19-20-16(22)10-3-5-18-6-4-10/h1-9H,(H,20,22)/b19-8+. The molecule has 1 aromatic carbocycles. The first kappa shape index (κ1) is 14.9. The van der Waals surface area contributed by atoms with Crippen molar-refractivity contribution in [3.63, 3.8) is 0 Å². The Morgan fingerprint density at radius 1 is 1.26 bits per heavy atom. The summed E-state index contributed by atoms with van der Waals surface area (Å²) in [7, 11) is 0. The van der Waals surface area contributed by atoms with Crippen LogP contribution < -0.4 is 10.9 Å². The van der Waals surface area contributed by atoms with Crippen molar-refractivity contribution in [2.75, 3.05) is 0 Å². The van der Waals surface area contributed by atoms with Gasteiger partial charge in [0, 0.05) is 23.0 Å². The Morgan fingerprint density at radius 3 is 2.83 bits per heavy atom. The Kier molecular flexibility index (Phi) is 4.16. The van der Waals surface area contributed by atoms with E-state index in [4.69, 9.17) is 16.0 Å². The van der Waals surface area contributed by atoms with Gasteiger partial charge in [0.1, 0.15) is 11.8 Å². The molecule has 6 nitrogen and oxygen atoms in total. The summed E-state index contributed by atoms with van der Waals surface area (Å²) in [6.07, 6.45) is 5.51. The zero-order valence-electron chi connectivity index (χ0n) is 11.7. The minimum absolute atomic E-state index is 0.204. The Bertz CT molecular complexity index is 952. The van der Waals surface area contributed by atoms with Gasteiger partial charge in [-0.15, -0.1) is 0 Å². The van der Waals surface area contributed by atoms with E-state index >= 15 is 0 Å². The number of carbonyl (C=O) groups is 1. The van der Waals surface area contributed by atoms with Gasteiger partial charge in [-0.2, -0.15) is 5.10 Å². The molecule has 0 saturated carbocycles. The van der Waals surface area contributed by atoms with E-state index in [0.29, 0.717) is 21.6 Å². The van der Waals surface area contributed by atoms with Crippen molar-refractivity contribution in [1.29, 1.82) is 0 Å². The number of aromatic nitrogens is 1. The number of hydrogen-bond acceptors (Lipinski definition) is 5. The maximum Gasteiger partial charge on any atom is 0.271 e.